The number of fused-ring (bicyclic) bond motifs is 5. The maximum atomic E-state index is 13.6. The lowest BCUT2D eigenvalue weighted by Crippen LogP contribution is -2.36. The van der Waals surface area contributed by atoms with Gasteiger partial charge in [-0.25, -0.2) is 9.59 Å². The van der Waals surface area contributed by atoms with E-state index < -0.39 is 5.97 Å². The topological polar surface area (TPSA) is 63.6 Å². The van der Waals surface area contributed by atoms with Crippen molar-refractivity contribution >= 4 is 40.6 Å². The van der Waals surface area contributed by atoms with Crippen LogP contribution in [0, 0.1) is 0 Å². The summed E-state index contributed by atoms with van der Waals surface area (Å²) in [7, 11) is 1.31. The standard InChI is InChI=1S/C24H24ClN3O3S/c1-14-20-7-5-11-27(20)22-18(16-6-3-4-8-21(16)32-22)13-28(14)24(30)26-19-12-15(25)9-10-17(19)23(29)31-2/h5,7,9-12,14H,3-4,6,8,13H2,1-2H3,(H,26,30)/t14-/m1/s1. The van der Waals surface area contributed by atoms with Crippen molar-refractivity contribution in [2.45, 2.75) is 45.2 Å². The van der Waals surface area contributed by atoms with Gasteiger partial charge in [0, 0.05) is 27.4 Å². The minimum atomic E-state index is -0.524. The van der Waals surface area contributed by atoms with Gasteiger partial charge in [0.2, 0.25) is 0 Å². The van der Waals surface area contributed by atoms with Crippen molar-refractivity contribution in [3.05, 3.63) is 68.8 Å². The molecule has 0 saturated heterocycles. The van der Waals surface area contributed by atoms with Crippen LogP contribution >= 0.6 is 22.9 Å². The largest absolute Gasteiger partial charge is 0.465 e. The van der Waals surface area contributed by atoms with Crippen LogP contribution in [0.25, 0.3) is 5.00 Å². The number of nitrogens with zero attached hydrogens (tertiary/aromatic N) is 2. The number of carbonyl (C=O) groups is 2. The van der Waals surface area contributed by atoms with Gasteiger partial charge in [-0.1, -0.05) is 11.6 Å². The molecule has 8 heteroatoms. The Balaban J connectivity index is 1.54. The second-order valence-corrected chi connectivity index (χ2v) is 9.73. The molecular formula is C24H24ClN3O3S. The molecular weight excluding hydrogens is 446 g/mol. The van der Waals surface area contributed by atoms with Crippen molar-refractivity contribution in [3.8, 4) is 5.00 Å². The molecule has 2 aliphatic rings. The van der Waals surface area contributed by atoms with E-state index in [0.29, 0.717) is 17.3 Å². The minimum Gasteiger partial charge on any atom is -0.465 e. The molecule has 2 aromatic heterocycles. The van der Waals surface area contributed by atoms with E-state index in [1.807, 2.05) is 29.2 Å². The van der Waals surface area contributed by atoms with Gasteiger partial charge in [0.15, 0.2) is 0 Å². The summed E-state index contributed by atoms with van der Waals surface area (Å²) in [5.74, 6) is -0.524. The first kappa shape index (κ1) is 21.1. The van der Waals surface area contributed by atoms with Gasteiger partial charge in [0.05, 0.1) is 30.9 Å². The van der Waals surface area contributed by atoms with Crippen LogP contribution in [0.4, 0.5) is 10.5 Å². The zero-order valence-corrected chi connectivity index (χ0v) is 19.6. The lowest BCUT2D eigenvalue weighted by Gasteiger charge is -2.28. The number of rotatable bonds is 2. The molecule has 1 N–H and O–H groups in total. The molecule has 0 fully saturated rings. The normalized spacial score (nSPS) is 17.1. The van der Waals surface area contributed by atoms with Gasteiger partial charge in [-0.2, -0.15) is 0 Å². The third-order valence-electron chi connectivity index (χ3n) is 6.37. The van der Waals surface area contributed by atoms with E-state index in [2.05, 4.69) is 22.1 Å². The predicted molar refractivity (Wildman–Crippen MR) is 126 cm³/mol. The van der Waals surface area contributed by atoms with Gasteiger partial charge in [-0.3, -0.25) is 0 Å². The fraction of sp³-hybridized carbons (Fsp3) is 0.333. The van der Waals surface area contributed by atoms with E-state index in [9.17, 15) is 9.59 Å². The minimum absolute atomic E-state index is 0.149. The molecule has 1 aromatic carbocycles. The van der Waals surface area contributed by atoms with Crippen LogP contribution in [0.2, 0.25) is 5.02 Å². The third kappa shape index (κ3) is 3.49. The molecule has 3 aromatic rings. The number of esters is 1. The van der Waals surface area contributed by atoms with Gasteiger partial charge in [0.1, 0.15) is 5.00 Å². The van der Waals surface area contributed by atoms with Crippen LogP contribution < -0.4 is 5.32 Å². The van der Waals surface area contributed by atoms with E-state index >= 15 is 0 Å². The molecule has 0 radical (unpaired) electrons. The average molecular weight is 470 g/mol. The number of carbonyl (C=O) groups excluding carboxylic acids is 2. The summed E-state index contributed by atoms with van der Waals surface area (Å²) in [6.45, 7) is 2.55. The smallest absolute Gasteiger partial charge is 0.339 e. The van der Waals surface area contributed by atoms with Gasteiger partial charge in [-0.05, 0) is 68.5 Å². The number of anilines is 1. The van der Waals surface area contributed by atoms with E-state index in [4.69, 9.17) is 16.3 Å². The second kappa shape index (κ2) is 8.30. The molecule has 1 atom stereocenters. The van der Waals surface area contributed by atoms with Crippen LogP contribution in [-0.4, -0.2) is 28.6 Å². The number of urea groups is 1. The van der Waals surface area contributed by atoms with E-state index in [1.54, 1.807) is 18.2 Å². The lowest BCUT2D eigenvalue weighted by atomic mass is 9.95. The van der Waals surface area contributed by atoms with Crippen LogP contribution in [0.3, 0.4) is 0 Å². The number of amides is 2. The Kier molecular flexibility index (Phi) is 5.47. The summed E-state index contributed by atoms with van der Waals surface area (Å²) in [4.78, 5) is 29.0. The van der Waals surface area contributed by atoms with Gasteiger partial charge >= 0.3 is 12.0 Å². The number of thiophene rings is 1. The highest BCUT2D eigenvalue weighted by Gasteiger charge is 2.33. The molecule has 0 unspecified atom stereocenters. The Bertz CT molecular complexity index is 1220. The van der Waals surface area contributed by atoms with Crippen LogP contribution in [0.1, 0.15) is 57.9 Å². The zero-order valence-electron chi connectivity index (χ0n) is 18.0. The average Bonchev–Trinajstić information content (AvgIpc) is 3.39. The van der Waals surface area contributed by atoms with Crippen LogP contribution in [-0.2, 0) is 24.1 Å². The number of aromatic nitrogens is 1. The Morgan fingerprint density at radius 1 is 1.19 bits per heavy atom. The molecule has 166 valence electrons. The first-order valence-electron chi connectivity index (χ1n) is 10.7. The molecule has 0 saturated carbocycles. The molecule has 1 aliphatic heterocycles. The first-order chi connectivity index (χ1) is 15.5. The number of aryl methyl sites for hydroxylation is 1. The quantitative estimate of drug-likeness (QED) is 0.470. The predicted octanol–water partition coefficient (Wildman–Crippen LogP) is 5.97. The number of methoxy groups -OCH3 is 1. The van der Waals surface area contributed by atoms with Crippen molar-refractivity contribution in [1.82, 2.24) is 9.47 Å². The zero-order chi connectivity index (χ0) is 22.4. The first-order valence-corrected chi connectivity index (χ1v) is 11.9. The number of benzene rings is 1. The second-order valence-electron chi connectivity index (χ2n) is 8.21. The number of nitrogens with one attached hydrogen (secondary N) is 1. The van der Waals surface area contributed by atoms with Crippen LogP contribution in [0.5, 0.6) is 0 Å². The molecule has 0 bridgehead atoms. The summed E-state index contributed by atoms with van der Waals surface area (Å²) < 4.78 is 7.10. The molecule has 6 nitrogen and oxygen atoms in total. The fourth-order valence-corrected chi connectivity index (χ4v) is 6.28. The molecule has 5 rings (SSSR count). The van der Waals surface area contributed by atoms with E-state index in [-0.39, 0.29) is 17.6 Å². The Hall–Kier alpha value is -2.77. The summed E-state index contributed by atoms with van der Waals surface area (Å²) in [6.07, 6.45) is 6.65. The number of hydrogen-bond acceptors (Lipinski definition) is 4. The highest BCUT2D eigenvalue weighted by molar-refractivity contribution is 7.15. The molecule has 32 heavy (non-hydrogen) atoms. The fourth-order valence-electron chi connectivity index (χ4n) is 4.70. The van der Waals surface area contributed by atoms with E-state index in [0.717, 1.165) is 18.5 Å². The number of hydrogen-bond donors (Lipinski definition) is 1. The summed E-state index contributed by atoms with van der Waals surface area (Å²) in [5, 5.41) is 4.57. The van der Waals surface area contributed by atoms with Crippen molar-refractivity contribution < 1.29 is 14.3 Å². The molecule has 0 spiro atoms. The van der Waals surface area contributed by atoms with Crippen molar-refractivity contribution in [3.63, 3.8) is 0 Å². The Morgan fingerprint density at radius 2 is 2.00 bits per heavy atom. The van der Waals surface area contributed by atoms with E-state index in [1.165, 1.54) is 41.0 Å². The Morgan fingerprint density at radius 3 is 2.81 bits per heavy atom. The lowest BCUT2D eigenvalue weighted by molar-refractivity contribution is 0.0602. The molecule has 2 amide bonds. The van der Waals surface area contributed by atoms with Crippen molar-refractivity contribution in [2.24, 2.45) is 0 Å². The summed E-state index contributed by atoms with van der Waals surface area (Å²) in [6, 6.07) is 8.42. The highest BCUT2D eigenvalue weighted by atomic mass is 35.5. The SMILES string of the molecule is COC(=O)c1ccc(Cl)cc1NC(=O)N1Cc2c(sc3c2CCCC3)-n2cccc2[C@H]1C. The number of halogens is 1. The van der Waals surface area contributed by atoms with Crippen molar-refractivity contribution in [2.75, 3.05) is 12.4 Å². The van der Waals surface area contributed by atoms with Crippen molar-refractivity contribution in [1.29, 1.82) is 0 Å². The maximum Gasteiger partial charge on any atom is 0.339 e. The Labute approximate surface area is 195 Å². The number of ether oxygens (including phenoxy) is 1. The maximum absolute atomic E-state index is 13.6. The highest BCUT2D eigenvalue weighted by Crippen LogP contribution is 2.42. The van der Waals surface area contributed by atoms with Gasteiger partial charge in [0.25, 0.3) is 0 Å². The summed E-state index contributed by atoms with van der Waals surface area (Å²) >= 11 is 8.01. The monoisotopic (exact) mass is 469 g/mol. The van der Waals surface area contributed by atoms with Gasteiger partial charge in [-0.15, -0.1) is 11.3 Å². The summed E-state index contributed by atoms with van der Waals surface area (Å²) in [5.41, 5.74) is 4.32. The van der Waals surface area contributed by atoms with Gasteiger partial charge < -0.3 is 19.5 Å². The molecule has 1 aliphatic carbocycles. The van der Waals surface area contributed by atoms with Crippen LogP contribution in [0.15, 0.2) is 36.5 Å². The molecule has 3 heterocycles. The third-order valence-corrected chi connectivity index (χ3v) is 7.94.